The number of aromatic nitrogens is 2. The second kappa shape index (κ2) is 6.57. The van der Waals surface area contributed by atoms with Gasteiger partial charge in [-0.25, -0.2) is 0 Å². The Morgan fingerprint density at radius 2 is 2.17 bits per heavy atom. The van der Waals surface area contributed by atoms with Crippen molar-refractivity contribution in [3.63, 3.8) is 0 Å². The van der Waals surface area contributed by atoms with Gasteiger partial charge in [-0.15, -0.1) is 0 Å². The van der Waals surface area contributed by atoms with E-state index in [9.17, 15) is 4.79 Å². The Morgan fingerprint density at radius 3 is 2.83 bits per heavy atom. The summed E-state index contributed by atoms with van der Waals surface area (Å²) in [5.74, 6) is 0.0111. The Hall–Kier alpha value is -1.85. The van der Waals surface area contributed by atoms with Crippen LogP contribution in [0, 0.1) is 0 Å². The lowest BCUT2D eigenvalue weighted by Gasteiger charge is -2.36. The zero-order valence-electron chi connectivity index (χ0n) is 14.3. The van der Waals surface area contributed by atoms with Gasteiger partial charge in [0, 0.05) is 30.9 Å². The lowest BCUT2D eigenvalue weighted by molar-refractivity contribution is 0.0634. The van der Waals surface area contributed by atoms with Crippen LogP contribution in [0.5, 0.6) is 0 Å². The van der Waals surface area contributed by atoms with Crippen molar-refractivity contribution in [2.75, 3.05) is 19.6 Å². The van der Waals surface area contributed by atoms with Crippen LogP contribution < -0.4 is 5.32 Å². The molecule has 0 saturated carbocycles. The minimum absolute atomic E-state index is 0.0111. The fourth-order valence-corrected chi connectivity index (χ4v) is 3.12. The van der Waals surface area contributed by atoms with Crippen molar-refractivity contribution in [1.82, 2.24) is 20.0 Å². The number of halogens is 1. The summed E-state index contributed by atoms with van der Waals surface area (Å²) >= 11 is 6.12. The van der Waals surface area contributed by atoms with Crippen molar-refractivity contribution < 1.29 is 4.79 Å². The average molecular weight is 347 g/mol. The molecule has 1 aromatic carbocycles. The molecule has 1 aliphatic rings. The van der Waals surface area contributed by atoms with Gasteiger partial charge in [0.2, 0.25) is 0 Å². The molecule has 1 atom stereocenters. The molecule has 128 valence electrons. The predicted octanol–water partition coefficient (Wildman–Crippen LogP) is 3.08. The number of nitrogens with one attached hydrogen (secondary N) is 1. The smallest absolute Gasteiger partial charge is 0.257 e. The van der Waals surface area contributed by atoms with Gasteiger partial charge in [0.25, 0.3) is 5.91 Å². The topological polar surface area (TPSA) is 50.2 Å². The van der Waals surface area contributed by atoms with E-state index in [4.69, 9.17) is 11.6 Å². The molecule has 1 unspecified atom stereocenters. The molecule has 1 saturated heterocycles. The van der Waals surface area contributed by atoms with Crippen LogP contribution in [0.25, 0.3) is 0 Å². The van der Waals surface area contributed by atoms with E-state index in [-0.39, 0.29) is 17.5 Å². The summed E-state index contributed by atoms with van der Waals surface area (Å²) in [6, 6.07) is 7.69. The third-order valence-electron chi connectivity index (χ3n) is 4.25. The van der Waals surface area contributed by atoms with E-state index in [0.717, 1.165) is 18.7 Å². The molecule has 1 amide bonds. The maximum Gasteiger partial charge on any atom is 0.257 e. The number of amides is 1. The Kier molecular flexibility index (Phi) is 4.65. The van der Waals surface area contributed by atoms with Crippen LogP contribution in [0.15, 0.2) is 36.7 Å². The SMILES string of the molecule is CC(C)(C)n1cc(C(=O)N2CCNCC2c2cccc(Cl)c2)cn1. The first-order valence-corrected chi connectivity index (χ1v) is 8.56. The van der Waals surface area contributed by atoms with Gasteiger partial charge in [0.15, 0.2) is 0 Å². The summed E-state index contributed by atoms with van der Waals surface area (Å²) in [5, 5.41) is 8.39. The maximum absolute atomic E-state index is 13.0. The quantitative estimate of drug-likeness (QED) is 0.909. The first kappa shape index (κ1) is 17.0. The highest BCUT2D eigenvalue weighted by molar-refractivity contribution is 6.30. The number of carbonyl (C=O) groups excluding carboxylic acids is 1. The molecule has 0 radical (unpaired) electrons. The molecule has 24 heavy (non-hydrogen) atoms. The van der Waals surface area contributed by atoms with Crippen molar-refractivity contribution in [2.45, 2.75) is 32.4 Å². The summed E-state index contributed by atoms with van der Waals surface area (Å²) in [6.45, 7) is 8.36. The highest BCUT2D eigenvalue weighted by atomic mass is 35.5. The van der Waals surface area contributed by atoms with Gasteiger partial charge in [0.05, 0.1) is 23.3 Å². The summed E-state index contributed by atoms with van der Waals surface area (Å²) in [7, 11) is 0. The van der Waals surface area contributed by atoms with Crippen LogP contribution in [0.2, 0.25) is 5.02 Å². The summed E-state index contributed by atoms with van der Waals surface area (Å²) in [5.41, 5.74) is 1.53. The number of rotatable bonds is 2. The fourth-order valence-electron chi connectivity index (χ4n) is 2.92. The minimum atomic E-state index is -0.145. The molecule has 1 aliphatic heterocycles. The third-order valence-corrected chi connectivity index (χ3v) is 4.49. The van der Waals surface area contributed by atoms with E-state index < -0.39 is 0 Å². The monoisotopic (exact) mass is 346 g/mol. The molecule has 1 N–H and O–H groups in total. The van der Waals surface area contributed by atoms with E-state index in [1.54, 1.807) is 6.20 Å². The number of benzene rings is 1. The Balaban J connectivity index is 1.87. The molecular weight excluding hydrogens is 324 g/mol. The summed E-state index contributed by atoms with van der Waals surface area (Å²) in [4.78, 5) is 14.9. The number of hydrogen-bond acceptors (Lipinski definition) is 3. The van der Waals surface area contributed by atoms with Crippen LogP contribution in [0.3, 0.4) is 0 Å². The van der Waals surface area contributed by atoms with Crippen molar-refractivity contribution >= 4 is 17.5 Å². The predicted molar refractivity (Wildman–Crippen MR) is 95.3 cm³/mol. The van der Waals surface area contributed by atoms with E-state index in [1.807, 2.05) is 40.0 Å². The van der Waals surface area contributed by atoms with Crippen LogP contribution in [0.1, 0.15) is 42.7 Å². The largest absolute Gasteiger partial charge is 0.329 e. The summed E-state index contributed by atoms with van der Waals surface area (Å²) < 4.78 is 1.83. The molecular formula is C18H23ClN4O. The number of nitrogens with zero attached hydrogens (tertiary/aromatic N) is 3. The van der Waals surface area contributed by atoms with Gasteiger partial charge in [-0.3, -0.25) is 9.48 Å². The number of piperazine rings is 1. The van der Waals surface area contributed by atoms with Gasteiger partial charge in [-0.1, -0.05) is 23.7 Å². The molecule has 2 heterocycles. The van der Waals surface area contributed by atoms with Crippen LogP contribution >= 0.6 is 11.6 Å². The summed E-state index contributed by atoms with van der Waals surface area (Å²) in [6.07, 6.45) is 3.49. The lowest BCUT2D eigenvalue weighted by Crippen LogP contribution is -2.48. The average Bonchev–Trinajstić information content (AvgIpc) is 3.04. The minimum Gasteiger partial charge on any atom is -0.329 e. The van der Waals surface area contributed by atoms with Crippen molar-refractivity contribution in [3.8, 4) is 0 Å². The second-order valence-corrected chi connectivity index (χ2v) is 7.55. The molecule has 0 spiro atoms. The number of carbonyl (C=O) groups is 1. The van der Waals surface area contributed by atoms with Gasteiger partial charge < -0.3 is 10.2 Å². The van der Waals surface area contributed by atoms with Gasteiger partial charge in [0.1, 0.15) is 0 Å². The zero-order valence-corrected chi connectivity index (χ0v) is 15.0. The first-order valence-electron chi connectivity index (χ1n) is 8.18. The van der Waals surface area contributed by atoms with Crippen LogP contribution in [-0.4, -0.2) is 40.2 Å². The van der Waals surface area contributed by atoms with Gasteiger partial charge >= 0.3 is 0 Å². The van der Waals surface area contributed by atoms with Gasteiger partial charge in [-0.2, -0.15) is 5.10 Å². The molecule has 0 aliphatic carbocycles. The van der Waals surface area contributed by atoms with Crippen LogP contribution in [0.4, 0.5) is 0 Å². The highest BCUT2D eigenvalue weighted by Crippen LogP contribution is 2.26. The zero-order chi connectivity index (χ0) is 17.3. The Bertz CT molecular complexity index is 735. The Morgan fingerprint density at radius 1 is 1.38 bits per heavy atom. The van der Waals surface area contributed by atoms with Crippen molar-refractivity contribution in [1.29, 1.82) is 0 Å². The molecule has 2 aromatic rings. The van der Waals surface area contributed by atoms with Crippen molar-refractivity contribution in [2.24, 2.45) is 0 Å². The first-order chi connectivity index (χ1) is 11.4. The molecule has 6 heteroatoms. The number of hydrogen-bond donors (Lipinski definition) is 1. The molecule has 3 rings (SSSR count). The van der Waals surface area contributed by atoms with Gasteiger partial charge in [-0.05, 0) is 38.5 Å². The Labute approximate surface area is 147 Å². The molecule has 5 nitrogen and oxygen atoms in total. The van der Waals surface area contributed by atoms with Crippen LogP contribution in [-0.2, 0) is 5.54 Å². The highest BCUT2D eigenvalue weighted by Gasteiger charge is 2.30. The standard InChI is InChI=1S/C18H23ClN4O/c1-18(2,3)23-12-14(10-21-23)17(24)22-8-7-20-11-16(22)13-5-4-6-15(19)9-13/h4-6,9-10,12,16,20H,7-8,11H2,1-3H3. The molecule has 1 aromatic heterocycles. The third kappa shape index (κ3) is 3.47. The molecule has 1 fully saturated rings. The fraction of sp³-hybridized carbons (Fsp3) is 0.444. The normalized spacial score (nSPS) is 18.7. The van der Waals surface area contributed by atoms with E-state index in [2.05, 4.69) is 31.2 Å². The van der Waals surface area contributed by atoms with Crippen molar-refractivity contribution in [3.05, 3.63) is 52.8 Å². The second-order valence-electron chi connectivity index (χ2n) is 7.12. The van der Waals surface area contributed by atoms with E-state index >= 15 is 0 Å². The lowest BCUT2D eigenvalue weighted by atomic mass is 10.0. The maximum atomic E-state index is 13.0. The van der Waals surface area contributed by atoms with E-state index in [0.29, 0.717) is 17.1 Å². The van der Waals surface area contributed by atoms with E-state index in [1.165, 1.54) is 0 Å². The molecule has 0 bridgehead atoms.